The van der Waals surface area contributed by atoms with Crippen LogP contribution in [-0.2, 0) is 9.47 Å². The van der Waals surface area contributed by atoms with E-state index in [0.717, 1.165) is 6.42 Å². The molecule has 0 spiro atoms. The summed E-state index contributed by atoms with van der Waals surface area (Å²) in [5.74, 6) is 0.464. The van der Waals surface area contributed by atoms with E-state index < -0.39 is 0 Å². The molecule has 0 saturated carbocycles. The first-order valence-electron chi connectivity index (χ1n) is 7.17. The molecule has 1 unspecified atom stereocenters. The smallest absolute Gasteiger partial charge is 0.0660 e. The quantitative estimate of drug-likeness (QED) is 0.462. The molecule has 1 N–H and O–H groups in total. The van der Waals surface area contributed by atoms with Crippen molar-refractivity contribution in [1.82, 2.24) is 0 Å². The second kappa shape index (κ2) is 8.79. The van der Waals surface area contributed by atoms with Crippen molar-refractivity contribution >= 4 is 23.2 Å². The zero-order valence-corrected chi connectivity index (χ0v) is 15.0. The van der Waals surface area contributed by atoms with Crippen molar-refractivity contribution in [3.05, 3.63) is 0 Å². The van der Waals surface area contributed by atoms with Crippen LogP contribution in [0.3, 0.4) is 0 Å². The van der Waals surface area contributed by atoms with Gasteiger partial charge in [0.1, 0.15) is 0 Å². The summed E-state index contributed by atoms with van der Waals surface area (Å²) in [4.78, 5) is -0.388. The number of hydrogen-bond acceptors (Lipinski definition) is 3. The summed E-state index contributed by atoms with van der Waals surface area (Å²) in [5.41, 5.74) is -0.665. The highest BCUT2D eigenvalue weighted by molar-refractivity contribution is 6.23. The molecule has 1 atom stereocenters. The molecule has 0 aromatic heterocycles. The van der Waals surface area contributed by atoms with Gasteiger partial charge in [-0.1, -0.05) is 6.92 Å². The molecule has 0 aliphatic rings. The number of aliphatic hydroxyl groups excluding tert-OH is 1. The molecule has 0 aromatic rings. The van der Waals surface area contributed by atoms with Crippen LogP contribution in [0.5, 0.6) is 0 Å². The molecule has 0 saturated heterocycles. The number of alkyl halides is 2. The summed E-state index contributed by atoms with van der Waals surface area (Å²) in [6.45, 7) is 11.5. The number of rotatable bonds is 11. The molecule has 0 bridgehead atoms. The average Bonchev–Trinajstić information content (AvgIpc) is 2.35. The number of halogens is 2. The Hall–Kier alpha value is 0.460. The van der Waals surface area contributed by atoms with E-state index in [4.69, 9.17) is 32.7 Å². The van der Waals surface area contributed by atoms with Crippen molar-refractivity contribution in [2.75, 3.05) is 32.3 Å². The first-order chi connectivity index (χ1) is 9.10. The lowest BCUT2D eigenvalue weighted by Crippen LogP contribution is -2.41. The number of aliphatic hydroxyl groups is 1. The summed E-state index contributed by atoms with van der Waals surface area (Å²) in [5, 5.41) is 9.77. The Bertz CT molecular complexity index is 258. The molecule has 0 radical (unpaired) electrons. The van der Waals surface area contributed by atoms with Crippen LogP contribution in [0.4, 0.5) is 0 Å². The van der Waals surface area contributed by atoms with E-state index in [1.165, 1.54) is 0 Å². The Labute approximate surface area is 133 Å². The van der Waals surface area contributed by atoms with Crippen LogP contribution >= 0.6 is 23.2 Å². The fraction of sp³-hybridized carbons (Fsp3) is 1.00. The van der Waals surface area contributed by atoms with Crippen molar-refractivity contribution in [2.45, 2.75) is 57.9 Å². The summed E-state index contributed by atoms with van der Waals surface area (Å²) < 4.78 is 11.5. The van der Waals surface area contributed by atoms with Crippen molar-refractivity contribution < 1.29 is 14.6 Å². The highest BCUT2D eigenvalue weighted by Gasteiger charge is 2.36. The molecular weight excluding hydrogens is 299 g/mol. The standard InChI is InChI=1S/C15H30Cl2O3/c1-6-15(10-18,12-19-8-7-16)9-14(4,5)20-11-13(2,3)17/h18H,6-12H2,1-5H3. The largest absolute Gasteiger partial charge is 0.396 e. The topological polar surface area (TPSA) is 38.7 Å². The molecule has 5 heteroatoms. The minimum atomic E-state index is -0.388. The molecule has 0 aliphatic heterocycles. The van der Waals surface area contributed by atoms with Crippen LogP contribution in [0.25, 0.3) is 0 Å². The average molecular weight is 329 g/mol. The molecule has 0 aliphatic carbocycles. The maximum atomic E-state index is 9.77. The van der Waals surface area contributed by atoms with Gasteiger partial charge in [-0.3, -0.25) is 0 Å². The Morgan fingerprint density at radius 3 is 2.10 bits per heavy atom. The zero-order valence-electron chi connectivity index (χ0n) is 13.5. The van der Waals surface area contributed by atoms with Gasteiger partial charge >= 0.3 is 0 Å². The van der Waals surface area contributed by atoms with Crippen LogP contribution in [0, 0.1) is 5.41 Å². The van der Waals surface area contributed by atoms with Gasteiger partial charge in [0.05, 0.1) is 36.9 Å². The highest BCUT2D eigenvalue weighted by atomic mass is 35.5. The molecule has 0 amide bonds. The summed E-state index contributed by atoms with van der Waals surface area (Å²) in [7, 11) is 0. The van der Waals surface area contributed by atoms with Crippen LogP contribution in [0.2, 0.25) is 0 Å². The van der Waals surface area contributed by atoms with E-state index in [2.05, 4.69) is 6.92 Å². The van der Waals surface area contributed by atoms with E-state index in [9.17, 15) is 5.11 Å². The fourth-order valence-corrected chi connectivity index (χ4v) is 2.32. The third-order valence-corrected chi connectivity index (χ3v) is 3.59. The minimum absolute atomic E-state index is 0.0723. The van der Waals surface area contributed by atoms with Crippen molar-refractivity contribution in [3.63, 3.8) is 0 Å². The lowest BCUT2D eigenvalue weighted by Gasteiger charge is -2.39. The normalized spacial score (nSPS) is 16.2. The van der Waals surface area contributed by atoms with Gasteiger partial charge in [-0.15, -0.1) is 23.2 Å². The Kier molecular flexibility index (Phi) is 9.00. The molecule has 122 valence electrons. The van der Waals surface area contributed by atoms with Gasteiger partial charge in [0.2, 0.25) is 0 Å². The fourth-order valence-electron chi connectivity index (χ4n) is 2.16. The van der Waals surface area contributed by atoms with E-state index in [1.807, 2.05) is 27.7 Å². The Morgan fingerprint density at radius 1 is 1.10 bits per heavy atom. The van der Waals surface area contributed by atoms with Crippen LogP contribution in [0.15, 0.2) is 0 Å². The molecule has 3 nitrogen and oxygen atoms in total. The minimum Gasteiger partial charge on any atom is -0.396 e. The predicted octanol–water partition coefficient (Wildman–Crippen LogP) is 3.83. The first kappa shape index (κ1) is 20.5. The highest BCUT2D eigenvalue weighted by Crippen LogP contribution is 2.35. The lowest BCUT2D eigenvalue weighted by molar-refractivity contribution is -0.0893. The van der Waals surface area contributed by atoms with Crippen molar-refractivity contribution in [1.29, 1.82) is 0 Å². The van der Waals surface area contributed by atoms with Crippen LogP contribution in [-0.4, -0.2) is 47.9 Å². The molecular formula is C15H30Cl2O3. The summed E-state index contributed by atoms with van der Waals surface area (Å²) in [6.07, 6.45) is 1.53. The van der Waals surface area contributed by atoms with Crippen LogP contribution in [0.1, 0.15) is 47.5 Å². The Morgan fingerprint density at radius 2 is 1.70 bits per heavy atom. The SMILES string of the molecule is CCC(CO)(COCCCl)CC(C)(C)OCC(C)(C)Cl. The predicted molar refractivity (Wildman–Crippen MR) is 85.9 cm³/mol. The monoisotopic (exact) mass is 328 g/mol. The van der Waals surface area contributed by atoms with Gasteiger partial charge in [0.15, 0.2) is 0 Å². The van der Waals surface area contributed by atoms with Gasteiger partial charge in [-0.25, -0.2) is 0 Å². The Balaban J connectivity index is 4.61. The maximum Gasteiger partial charge on any atom is 0.0660 e. The van der Waals surface area contributed by atoms with Gasteiger partial charge in [0.25, 0.3) is 0 Å². The van der Waals surface area contributed by atoms with Crippen molar-refractivity contribution in [2.24, 2.45) is 5.41 Å². The van der Waals surface area contributed by atoms with Gasteiger partial charge in [0, 0.05) is 11.3 Å². The first-order valence-corrected chi connectivity index (χ1v) is 8.08. The molecule has 0 aromatic carbocycles. The zero-order chi connectivity index (χ0) is 15.9. The molecule has 0 fully saturated rings. The van der Waals surface area contributed by atoms with E-state index in [0.29, 0.717) is 32.1 Å². The van der Waals surface area contributed by atoms with E-state index in [1.54, 1.807) is 0 Å². The third kappa shape index (κ3) is 8.68. The summed E-state index contributed by atoms with van der Waals surface area (Å²) >= 11 is 11.8. The molecule has 20 heavy (non-hydrogen) atoms. The second-order valence-electron chi connectivity index (χ2n) is 6.70. The third-order valence-electron chi connectivity index (χ3n) is 3.32. The summed E-state index contributed by atoms with van der Waals surface area (Å²) in [6, 6.07) is 0. The number of hydrogen-bond donors (Lipinski definition) is 1. The molecule has 0 heterocycles. The van der Waals surface area contributed by atoms with Gasteiger partial charge in [-0.05, 0) is 40.5 Å². The van der Waals surface area contributed by atoms with Crippen LogP contribution < -0.4 is 0 Å². The van der Waals surface area contributed by atoms with Gasteiger partial charge in [-0.2, -0.15) is 0 Å². The molecule has 0 rings (SSSR count). The second-order valence-corrected chi connectivity index (χ2v) is 8.10. The van der Waals surface area contributed by atoms with E-state index >= 15 is 0 Å². The number of ether oxygens (including phenoxy) is 2. The van der Waals surface area contributed by atoms with E-state index in [-0.39, 0.29) is 22.5 Å². The lowest BCUT2D eigenvalue weighted by atomic mass is 9.77. The maximum absolute atomic E-state index is 9.77. The van der Waals surface area contributed by atoms with Gasteiger partial charge < -0.3 is 14.6 Å². The van der Waals surface area contributed by atoms with Crippen molar-refractivity contribution in [3.8, 4) is 0 Å².